The summed E-state index contributed by atoms with van der Waals surface area (Å²) in [4.78, 5) is 23.0. The number of fused-ring (bicyclic) bond motifs is 1. The number of carbonyl (C=O) groups is 1. The number of carbonyl (C=O) groups excluding carboxylic acids is 1. The largest absolute Gasteiger partial charge is 0.391 e. The van der Waals surface area contributed by atoms with Crippen molar-refractivity contribution in [2.24, 2.45) is 0 Å². The zero-order valence-electron chi connectivity index (χ0n) is 13.9. The Balaban J connectivity index is 1.51. The van der Waals surface area contributed by atoms with Crippen LogP contribution >= 0.6 is 0 Å². The Labute approximate surface area is 145 Å². The summed E-state index contributed by atoms with van der Waals surface area (Å²) in [5, 5.41) is 9.60. The van der Waals surface area contributed by atoms with E-state index in [9.17, 15) is 9.90 Å². The minimum absolute atomic E-state index is 0.0928. The van der Waals surface area contributed by atoms with Gasteiger partial charge >= 0.3 is 0 Å². The van der Waals surface area contributed by atoms with E-state index in [0.717, 1.165) is 24.1 Å². The summed E-state index contributed by atoms with van der Waals surface area (Å²) in [6, 6.07) is 12.1. The topological polar surface area (TPSA) is 71.2 Å². The number of aliphatic hydroxyl groups excluding tert-OH is 1. The molecule has 3 heterocycles. The van der Waals surface area contributed by atoms with Crippen LogP contribution in [0.2, 0.25) is 0 Å². The van der Waals surface area contributed by atoms with Crippen molar-refractivity contribution in [2.75, 3.05) is 13.1 Å². The molecule has 1 saturated heterocycles. The normalized spacial score (nSPS) is 17.3. The SMILES string of the molecule is O=C(c1cnc2c(c1)ncn2CCc1ccccc1)N1CCC(O)C1. The van der Waals surface area contributed by atoms with Gasteiger partial charge in [0.2, 0.25) is 0 Å². The van der Waals surface area contributed by atoms with Crippen molar-refractivity contribution in [3.63, 3.8) is 0 Å². The number of β-amino-alcohol motifs (C(OH)–C–C–N with tert-alkyl or cyclic N) is 1. The molecule has 1 amide bonds. The van der Waals surface area contributed by atoms with Crippen LogP contribution < -0.4 is 0 Å². The van der Waals surface area contributed by atoms with Gasteiger partial charge in [-0.2, -0.15) is 0 Å². The average molecular weight is 336 g/mol. The standard InChI is InChI=1S/C19H20N4O2/c24-16-7-9-22(12-16)19(25)15-10-17-18(20-11-15)23(13-21-17)8-6-14-4-2-1-3-5-14/h1-5,10-11,13,16,24H,6-9,12H2. The second-order valence-electron chi connectivity index (χ2n) is 6.43. The van der Waals surface area contributed by atoms with E-state index < -0.39 is 6.10 Å². The second kappa shape index (κ2) is 6.64. The summed E-state index contributed by atoms with van der Waals surface area (Å²) >= 11 is 0. The van der Waals surface area contributed by atoms with E-state index in [0.29, 0.717) is 25.1 Å². The summed E-state index contributed by atoms with van der Waals surface area (Å²) in [6.07, 6.45) is 4.50. The molecule has 6 nitrogen and oxygen atoms in total. The molecule has 1 atom stereocenters. The molecule has 1 aliphatic heterocycles. The molecule has 1 aliphatic rings. The van der Waals surface area contributed by atoms with Crippen molar-refractivity contribution in [3.05, 3.63) is 60.0 Å². The smallest absolute Gasteiger partial charge is 0.255 e. The van der Waals surface area contributed by atoms with Gasteiger partial charge in [-0.1, -0.05) is 30.3 Å². The number of nitrogens with zero attached hydrogens (tertiary/aromatic N) is 4. The fourth-order valence-corrected chi connectivity index (χ4v) is 3.23. The summed E-state index contributed by atoms with van der Waals surface area (Å²) in [5.41, 5.74) is 3.30. The lowest BCUT2D eigenvalue weighted by atomic mass is 10.1. The molecule has 128 valence electrons. The number of hydrogen-bond donors (Lipinski definition) is 1. The second-order valence-corrected chi connectivity index (χ2v) is 6.43. The van der Waals surface area contributed by atoms with E-state index in [1.165, 1.54) is 5.56 Å². The quantitative estimate of drug-likeness (QED) is 0.790. The Hall–Kier alpha value is -2.73. The first-order valence-electron chi connectivity index (χ1n) is 8.53. The number of likely N-dealkylation sites (tertiary alicyclic amines) is 1. The van der Waals surface area contributed by atoms with Gasteiger partial charge in [0.1, 0.15) is 5.52 Å². The molecule has 25 heavy (non-hydrogen) atoms. The Morgan fingerprint density at radius 2 is 2.08 bits per heavy atom. The Morgan fingerprint density at radius 1 is 1.24 bits per heavy atom. The number of aryl methyl sites for hydroxylation is 2. The van der Waals surface area contributed by atoms with Gasteiger partial charge in [0.25, 0.3) is 5.91 Å². The Kier molecular flexibility index (Phi) is 4.19. The van der Waals surface area contributed by atoms with Crippen molar-refractivity contribution in [2.45, 2.75) is 25.5 Å². The fourth-order valence-electron chi connectivity index (χ4n) is 3.23. The average Bonchev–Trinajstić information content (AvgIpc) is 3.26. The van der Waals surface area contributed by atoms with Crippen LogP contribution in [-0.4, -0.2) is 49.6 Å². The van der Waals surface area contributed by atoms with Crippen LogP contribution in [0.4, 0.5) is 0 Å². The predicted octanol–water partition coefficient (Wildman–Crippen LogP) is 1.88. The Morgan fingerprint density at radius 3 is 2.84 bits per heavy atom. The third kappa shape index (κ3) is 3.25. The van der Waals surface area contributed by atoms with Crippen molar-refractivity contribution in [1.29, 1.82) is 0 Å². The van der Waals surface area contributed by atoms with E-state index >= 15 is 0 Å². The highest BCUT2D eigenvalue weighted by atomic mass is 16.3. The Bertz CT molecular complexity index is 891. The van der Waals surface area contributed by atoms with Crippen LogP contribution in [0.3, 0.4) is 0 Å². The number of rotatable bonds is 4. The van der Waals surface area contributed by atoms with Gasteiger partial charge in [0, 0.05) is 25.8 Å². The molecule has 0 spiro atoms. The molecule has 0 bridgehead atoms. The van der Waals surface area contributed by atoms with Gasteiger partial charge < -0.3 is 14.6 Å². The molecule has 3 aromatic rings. The lowest BCUT2D eigenvalue weighted by molar-refractivity contribution is 0.0764. The van der Waals surface area contributed by atoms with Crippen molar-refractivity contribution in [3.8, 4) is 0 Å². The van der Waals surface area contributed by atoms with E-state index in [4.69, 9.17) is 0 Å². The van der Waals surface area contributed by atoms with E-state index in [1.807, 2.05) is 22.8 Å². The van der Waals surface area contributed by atoms with Gasteiger partial charge in [-0.3, -0.25) is 4.79 Å². The molecule has 0 aliphatic carbocycles. The number of benzene rings is 1. The number of pyridine rings is 1. The van der Waals surface area contributed by atoms with Gasteiger partial charge in [0.05, 0.1) is 18.0 Å². The first-order chi connectivity index (χ1) is 12.2. The highest BCUT2D eigenvalue weighted by molar-refractivity contribution is 5.96. The molecular formula is C19H20N4O2. The lowest BCUT2D eigenvalue weighted by Crippen LogP contribution is -2.29. The number of amides is 1. The monoisotopic (exact) mass is 336 g/mol. The van der Waals surface area contributed by atoms with Crippen LogP contribution in [0.25, 0.3) is 11.2 Å². The minimum atomic E-state index is -0.419. The molecule has 1 aromatic carbocycles. The maximum Gasteiger partial charge on any atom is 0.255 e. The van der Waals surface area contributed by atoms with Crippen molar-refractivity contribution in [1.82, 2.24) is 19.4 Å². The summed E-state index contributed by atoms with van der Waals surface area (Å²) in [5.74, 6) is -0.0928. The first kappa shape index (κ1) is 15.8. The van der Waals surface area contributed by atoms with Gasteiger partial charge in [-0.15, -0.1) is 0 Å². The molecule has 6 heteroatoms. The van der Waals surface area contributed by atoms with Crippen LogP contribution in [-0.2, 0) is 13.0 Å². The first-order valence-corrected chi connectivity index (χ1v) is 8.53. The molecule has 1 N–H and O–H groups in total. The number of aliphatic hydroxyl groups is 1. The molecule has 0 radical (unpaired) electrons. The van der Waals surface area contributed by atoms with Crippen LogP contribution in [0.1, 0.15) is 22.3 Å². The highest BCUT2D eigenvalue weighted by Gasteiger charge is 2.25. The lowest BCUT2D eigenvalue weighted by Gasteiger charge is -2.15. The van der Waals surface area contributed by atoms with Crippen LogP contribution in [0.15, 0.2) is 48.9 Å². The molecule has 1 fully saturated rings. The molecular weight excluding hydrogens is 316 g/mol. The summed E-state index contributed by atoms with van der Waals surface area (Å²) in [7, 11) is 0. The van der Waals surface area contributed by atoms with Gasteiger partial charge in [0.15, 0.2) is 5.65 Å². The maximum absolute atomic E-state index is 12.5. The summed E-state index contributed by atoms with van der Waals surface area (Å²) in [6.45, 7) is 1.77. The van der Waals surface area contributed by atoms with Crippen LogP contribution in [0, 0.1) is 0 Å². The van der Waals surface area contributed by atoms with E-state index in [2.05, 4.69) is 22.1 Å². The van der Waals surface area contributed by atoms with Crippen molar-refractivity contribution >= 4 is 17.1 Å². The third-order valence-electron chi connectivity index (χ3n) is 4.64. The molecule has 0 saturated carbocycles. The van der Waals surface area contributed by atoms with E-state index in [1.54, 1.807) is 23.5 Å². The zero-order chi connectivity index (χ0) is 17.2. The van der Waals surface area contributed by atoms with E-state index in [-0.39, 0.29) is 5.91 Å². The number of aromatic nitrogens is 3. The fraction of sp³-hybridized carbons (Fsp3) is 0.316. The predicted molar refractivity (Wildman–Crippen MR) is 94.2 cm³/mol. The maximum atomic E-state index is 12.5. The molecule has 1 unspecified atom stereocenters. The van der Waals surface area contributed by atoms with Crippen molar-refractivity contribution < 1.29 is 9.90 Å². The molecule has 4 rings (SSSR count). The summed E-state index contributed by atoms with van der Waals surface area (Å²) < 4.78 is 2.01. The zero-order valence-corrected chi connectivity index (χ0v) is 13.9. The number of imidazole rings is 1. The third-order valence-corrected chi connectivity index (χ3v) is 4.64. The highest BCUT2D eigenvalue weighted by Crippen LogP contribution is 2.17. The van der Waals surface area contributed by atoms with Crippen LogP contribution in [0.5, 0.6) is 0 Å². The van der Waals surface area contributed by atoms with Gasteiger partial charge in [-0.25, -0.2) is 9.97 Å². The number of hydrogen-bond acceptors (Lipinski definition) is 4. The minimum Gasteiger partial charge on any atom is -0.391 e. The molecule has 2 aromatic heterocycles. The van der Waals surface area contributed by atoms with Gasteiger partial charge in [-0.05, 0) is 24.5 Å².